The Hall–Kier alpha value is -1.55. The predicted molar refractivity (Wildman–Crippen MR) is 103 cm³/mol. The van der Waals surface area contributed by atoms with E-state index in [1.807, 2.05) is 0 Å². The summed E-state index contributed by atoms with van der Waals surface area (Å²) in [7, 11) is 0. The molecule has 4 heteroatoms. The summed E-state index contributed by atoms with van der Waals surface area (Å²) in [5.74, 6) is 0.140. The molecule has 1 aromatic carbocycles. The van der Waals surface area contributed by atoms with Gasteiger partial charge in [-0.05, 0) is 62.8 Å². The Morgan fingerprint density at radius 2 is 1.52 bits per heavy atom. The van der Waals surface area contributed by atoms with Crippen LogP contribution in [0.2, 0.25) is 0 Å². The number of hydrogen-bond acceptors (Lipinski definition) is 3. The lowest BCUT2D eigenvalue weighted by molar-refractivity contribution is -0.118. The summed E-state index contributed by atoms with van der Waals surface area (Å²) < 4.78 is 0. The van der Waals surface area contributed by atoms with Crippen molar-refractivity contribution in [3.05, 3.63) is 24.3 Å². The highest BCUT2D eigenvalue weighted by Gasteiger charge is 2.37. The lowest BCUT2D eigenvalue weighted by Crippen LogP contribution is -2.44. The number of hydrogen-bond donors (Lipinski definition) is 1. The standard InChI is InChI=1S/C21H31N3O/c25-21(16-24-19-6-5-7-20(24)13-12-19)22-17-8-10-18(11-9-17)23-14-3-1-2-4-15-23/h8-11,19-20H,1-7,12-16H2,(H,22,25). The van der Waals surface area contributed by atoms with Crippen LogP contribution in [0.25, 0.3) is 0 Å². The van der Waals surface area contributed by atoms with Gasteiger partial charge in [0, 0.05) is 36.5 Å². The summed E-state index contributed by atoms with van der Waals surface area (Å²) in [5, 5.41) is 3.10. The van der Waals surface area contributed by atoms with Gasteiger partial charge < -0.3 is 10.2 Å². The summed E-state index contributed by atoms with van der Waals surface area (Å²) in [5.41, 5.74) is 2.21. The van der Waals surface area contributed by atoms with Crippen molar-refractivity contribution in [3.63, 3.8) is 0 Å². The third kappa shape index (κ3) is 4.00. The lowest BCUT2D eigenvalue weighted by Gasteiger charge is -2.34. The van der Waals surface area contributed by atoms with Gasteiger partial charge in [0.05, 0.1) is 6.54 Å². The highest BCUT2D eigenvalue weighted by Crippen LogP contribution is 2.35. The molecule has 3 aliphatic rings. The third-order valence-electron chi connectivity index (χ3n) is 6.29. The molecule has 25 heavy (non-hydrogen) atoms. The zero-order valence-corrected chi connectivity index (χ0v) is 15.3. The fourth-order valence-corrected chi connectivity index (χ4v) is 4.93. The molecule has 0 spiro atoms. The quantitative estimate of drug-likeness (QED) is 0.898. The van der Waals surface area contributed by atoms with E-state index in [4.69, 9.17) is 0 Å². The van der Waals surface area contributed by atoms with E-state index >= 15 is 0 Å². The zero-order valence-electron chi connectivity index (χ0n) is 15.3. The van der Waals surface area contributed by atoms with Gasteiger partial charge in [0.15, 0.2) is 0 Å². The average molecular weight is 341 g/mol. The molecule has 3 saturated heterocycles. The van der Waals surface area contributed by atoms with Crippen molar-refractivity contribution in [3.8, 4) is 0 Å². The molecule has 0 radical (unpaired) electrons. The molecule has 1 N–H and O–H groups in total. The summed E-state index contributed by atoms with van der Waals surface area (Å²) in [6, 6.07) is 9.73. The number of carbonyl (C=O) groups excluding carboxylic acids is 1. The van der Waals surface area contributed by atoms with E-state index in [-0.39, 0.29) is 5.91 Å². The molecule has 2 bridgehead atoms. The van der Waals surface area contributed by atoms with Gasteiger partial charge in [0.25, 0.3) is 0 Å². The van der Waals surface area contributed by atoms with E-state index in [0.717, 1.165) is 18.8 Å². The van der Waals surface area contributed by atoms with Crippen molar-refractivity contribution in [1.82, 2.24) is 4.90 Å². The molecule has 0 saturated carbocycles. The number of nitrogens with one attached hydrogen (secondary N) is 1. The van der Waals surface area contributed by atoms with Crippen LogP contribution in [0.15, 0.2) is 24.3 Å². The zero-order chi connectivity index (χ0) is 17.1. The number of carbonyl (C=O) groups is 1. The molecule has 3 heterocycles. The van der Waals surface area contributed by atoms with E-state index in [9.17, 15) is 4.79 Å². The number of fused-ring (bicyclic) bond motifs is 2. The number of anilines is 2. The van der Waals surface area contributed by atoms with Crippen molar-refractivity contribution in [2.75, 3.05) is 29.9 Å². The molecule has 3 aliphatic heterocycles. The predicted octanol–water partition coefficient (Wildman–Crippen LogP) is 4.02. The second-order valence-corrected chi connectivity index (χ2v) is 7.98. The van der Waals surface area contributed by atoms with Gasteiger partial charge >= 0.3 is 0 Å². The molecule has 1 aromatic rings. The van der Waals surface area contributed by atoms with Crippen molar-refractivity contribution < 1.29 is 4.79 Å². The Balaban J connectivity index is 1.32. The van der Waals surface area contributed by atoms with E-state index in [1.165, 1.54) is 63.5 Å². The molecule has 0 aromatic heterocycles. The first-order valence-corrected chi connectivity index (χ1v) is 10.2. The number of rotatable bonds is 4. The van der Waals surface area contributed by atoms with Crippen LogP contribution >= 0.6 is 0 Å². The van der Waals surface area contributed by atoms with Gasteiger partial charge in [0.2, 0.25) is 5.91 Å². The number of amides is 1. The highest BCUT2D eigenvalue weighted by atomic mass is 16.2. The minimum atomic E-state index is 0.140. The number of nitrogens with zero attached hydrogens (tertiary/aromatic N) is 2. The number of piperidine rings is 1. The maximum Gasteiger partial charge on any atom is 0.238 e. The molecule has 2 unspecified atom stereocenters. The van der Waals surface area contributed by atoms with Crippen LogP contribution in [-0.2, 0) is 4.79 Å². The molecular formula is C21H31N3O. The van der Waals surface area contributed by atoms with E-state index in [0.29, 0.717) is 18.6 Å². The molecule has 2 atom stereocenters. The van der Waals surface area contributed by atoms with Gasteiger partial charge in [-0.15, -0.1) is 0 Å². The van der Waals surface area contributed by atoms with Crippen LogP contribution in [0.5, 0.6) is 0 Å². The fraction of sp³-hybridized carbons (Fsp3) is 0.667. The summed E-state index contributed by atoms with van der Waals surface area (Å²) >= 11 is 0. The van der Waals surface area contributed by atoms with Crippen LogP contribution in [0.4, 0.5) is 11.4 Å². The van der Waals surface area contributed by atoms with Crippen LogP contribution in [0.1, 0.15) is 57.8 Å². The largest absolute Gasteiger partial charge is 0.372 e. The smallest absolute Gasteiger partial charge is 0.238 e. The summed E-state index contributed by atoms with van der Waals surface area (Å²) in [6.45, 7) is 2.87. The van der Waals surface area contributed by atoms with E-state index < -0.39 is 0 Å². The van der Waals surface area contributed by atoms with Crippen LogP contribution in [-0.4, -0.2) is 42.5 Å². The van der Waals surface area contributed by atoms with Gasteiger partial charge in [0.1, 0.15) is 0 Å². The molecule has 1 amide bonds. The normalized spacial score (nSPS) is 27.1. The Labute approximate surface area is 151 Å². The van der Waals surface area contributed by atoms with Crippen LogP contribution in [0.3, 0.4) is 0 Å². The SMILES string of the molecule is O=C(CN1C2CCCC1CC2)Nc1ccc(N2CCCCCC2)cc1. The van der Waals surface area contributed by atoms with Gasteiger partial charge in [-0.25, -0.2) is 0 Å². The lowest BCUT2D eigenvalue weighted by atomic mass is 10.0. The minimum Gasteiger partial charge on any atom is -0.372 e. The molecule has 4 rings (SSSR count). The average Bonchev–Trinajstić information content (AvgIpc) is 2.85. The number of benzene rings is 1. The van der Waals surface area contributed by atoms with Crippen molar-refractivity contribution >= 4 is 17.3 Å². The molecule has 136 valence electrons. The second-order valence-electron chi connectivity index (χ2n) is 7.98. The van der Waals surface area contributed by atoms with Gasteiger partial charge in [-0.3, -0.25) is 9.69 Å². The third-order valence-corrected chi connectivity index (χ3v) is 6.29. The van der Waals surface area contributed by atoms with Gasteiger partial charge in [-0.2, -0.15) is 0 Å². The summed E-state index contributed by atoms with van der Waals surface area (Å²) in [6.07, 6.45) is 11.7. The van der Waals surface area contributed by atoms with Crippen molar-refractivity contribution in [2.45, 2.75) is 69.9 Å². The Morgan fingerprint density at radius 1 is 0.880 bits per heavy atom. The van der Waals surface area contributed by atoms with E-state index in [1.54, 1.807) is 0 Å². The summed E-state index contributed by atoms with van der Waals surface area (Å²) in [4.78, 5) is 17.4. The minimum absolute atomic E-state index is 0.140. The Morgan fingerprint density at radius 3 is 2.16 bits per heavy atom. The monoisotopic (exact) mass is 341 g/mol. The van der Waals surface area contributed by atoms with E-state index in [2.05, 4.69) is 39.4 Å². The molecule has 0 aliphatic carbocycles. The fourth-order valence-electron chi connectivity index (χ4n) is 4.93. The highest BCUT2D eigenvalue weighted by molar-refractivity contribution is 5.92. The Bertz CT molecular complexity index is 561. The van der Waals surface area contributed by atoms with Crippen LogP contribution in [0, 0.1) is 0 Å². The first-order chi connectivity index (χ1) is 12.3. The van der Waals surface area contributed by atoms with Gasteiger partial charge in [-0.1, -0.05) is 19.3 Å². The van der Waals surface area contributed by atoms with Crippen LogP contribution < -0.4 is 10.2 Å². The Kier molecular flexibility index (Phi) is 5.25. The van der Waals surface area contributed by atoms with Crippen molar-refractivity contribution in [1.29, 1.82) is 0 Å². The first kappa shape index (κ1) is 16.9. The maximum absolute atomic E-state index is 12.5. The molecular weight excluding hydrogens is 310 g/mol. The second kappa shape index (κ2) is 7.77. The maximum atomic E-state index is 12.5. The first-order valence-electron chi connectivity index (χ1n) is 10.2. The van der Waals surface area contributed by atoms with Crippen molar-refractivity contribution in [2.24, 2.45) is 0 Å². The molecule has 3 fully saturated rings. The topological polar surface area (TPSA) is 35.6 Å². The molecule has 4 nitrogen and oxygen atoms in total.